The summed E-state index contributed by atoms with van der Waals surface area (Å²) < 4.78 is 14.1. The largest absolute Gasteiger partial charge is 0.478 e. The quantitative estimate of drug-likeness (QED) is 0.757. The molecule has 2 N–H and O–H groups in total. The summed E-state index contributed by atoms with van der Waals surface area (Å²) in [4.78, 5) is 27.7. The first-order valence-electron chi connectivity index (χ1n) is 6.74. The first-order valence-corrected chi connectivity index (χ1v) is 7.62. The summed E-state index contributed by atoms with van der Waals surface area (Å²) in [5.74, 6) is -2.20. The van der Waals surface area contributed by atoms with Gasteiger partial charge in [0.05, 0.1) is 11.9 Å². The monoisotopic (exact) mass is 346 g/mol. The molecule has 0 aliphatic rings. The first kappa shape index (κ1) is 15.8. The van der Waals surface area contributed by atoms with Gasteiger partial charge in [0.1, 0.15) is 17.1 Å². The maximum atomic E-state index is 12.9. The Morgan fingerprint density at radius 2 is 2.00 bits per heavy atom. The summed E-state index contributed by atoms with van der Waals surface area (Å²) in [5, 5.41) is 17.4. The zero-order chi connectivity index (χ0) is 17.3. The van der Waals surface area contributed by atoms with Crippen LogP contribution in [0.3, 0.4) is 0 Å². The van der Waals surface area contributed by atoms with E-state index in [1.165, 1.54) is 35.2 Å². The molecule has 7 nitrogen and oxygen atoms in total. The van der Waals surface area contributed by atoms with Crippen molar-refractivity contribution in [3.8, 4) is 11.3 Å². The van der Waals surface area contributed by atoms with Gasteiger partial charge in [-0.1, -0.05) is 0 Å². The number of carbonyl (C=O) groups excluding carboxylic acids is 1. The molecule has 1 amide bonds. The molecule has 0 radical (unpaired) electrons. The zero-order valence-corrected chi connectivity index (χ0v) is 13.2. The number of benzene rings is 1. The number of carboxylic acid groups (broad SMARTS) is 1. The lowest BCUT2D eigenvalue weighted by atomic mass is 10.2. The van der Waals surface area contributed by atoms with E-state index in [1.54, 1.807) is 17.5 Å². The second-order valence-electron chi connectivity index (χ2n) is 4.83. The molecular formula is C15H11FN4O3S. The van der Waals surface area contributed by atoms with E-state index in [1.807, 2.05) is 0 Å². The minimum Gasteiger partial charge on any atom is -0.478 e. The number of anilines is 1. The number of thiazole rings is 1. The predicted octanol–water partition coefficient (Wildman–Crippen LogP) is 2.63. The van der Waals surface area contributed by atoms with Crippen LogP contribution in [0.25, 0.3) is 11.3 Å². The normalized spacial score (nSPS) is 10.6. The van der Waals surface area contributed by atoms with Crippen LogP contribution < -0.4 is 5.32 Å². The molecule has 2 heterocycles. The van der Waals surface area contributed by atoms with E-state index in [9.17, 15) is 14.0 Å². The van der Waals surface area contributed by atoms with Crippen LogP contribution in [-0.2, 0) is 7.05 Å². The number of rotatable bonds is 4. The molecule has 0 bridgehead atoms. The summed E-state index contributed by atoms with van der Waals surface area (Å²) >= 11 is 1.18. The molecule has 1 aromatic carbocycles. The van der Waals surface area contributed by atoms with Gasteiger partial charge < -0.3 is 5.11 Å². The molecular weight excluding hydrogens is 335 g/mol. The smallest absolute Gasteiger partial charge is 0.339 e. The van der Waals surface area contributed by atoms with E-state index in [-0.39, 0.29) is 17.1 Å². The van der Waals surface area contributed by atoms with Crippen LogP contribution in [0.4, 0.5) is 9.52 Å². The average molecular weight is 346 g/mol. The number of hydrogen-bond acceptors (Lipinski definition) is 5. The van der Waals surface area contributed by atoms with Gasteiger partial charge in [-0.2, -0.15) is 5.10 Å². The van der Waals surface area contributed by atoms with Crippen molar-refractivity contribution in [2.75, 3.05) is 5.32 Å². The summed E-state index contributed by atoms with van der Waals surface area (Å²) in [6.45, 7) is 0. The molecule has 0 aliphatic heterocycles. The Balaban J connectivity index is 1.82. The second kappa shape index (κ2) is 6.20. The summed E-state index contributed by atoms with van der Waals surface area (Å²) in [7, 11) is 1.48. The lowest BCUT2D eigenvalue weighted by molar-refractivity contribution is 0.0692. The van der Waals surface area contributed by atoms with E-state index < -0.39 is 11.9 Å². The number of hydrogen-bond donors (Lipinski definition) is 2. The molecule has 0 saturated carbocycles. The number of aromatic carboxylic acids is 1. The summed E-state index contributed by atoms with van der Waals surface area (Å²) in [5.41, 5.74) is 1.03. The van der Waals surface area contributed by atoms with Crippen LogP contribution in [0.15, 0.2) is 35.8 Å². The van der Waals surface area contributed by atoms with Crippen LogP contribution in [0.5, 0.6) is 0 Å². The van der Waals surface area contributed by atoms with Gasteiger partial charge in [0.2, 0.25) is 0 Å². The van der Waals surface area contributed by atoms with E-state index in [4.69, 9.17) is 5.11 Å². The van der Waals surface area contributed by atoms with Crippen molar-refractivity contribution in [1.29, 1.82) is 0 Å². The molecule has 2 aromatic heterocycles. The highest BCUT2D eigenvalue weighted by molar-refractivity contribution is 7.14. The Bertz CT molecular complexity index is 917. The molecule has 9 heteroatoms. The zero-order valence-electron chi connectivity index (χ0n) is 12.4. The maximum absolute atomic E-state index is 12.9. The number of aryl methyl sites for hydroxylation is 1. The lowest BCUT2D eigenvalue weighted by Gasteiger charge is -2.03. The third-order valence-electron chi connectivity index (χ3n) is 3.25. The maximum Gasteiger partial charge on any atom is 0.339 e. The Hall–Kier alpha value is -3.07. The SMILES string of the molecule is Cn1ncc(C(=O)O)c1C(=O)Nc1nc(-c2ccc(F)cc2)cs1. The summed E-state index contributed by atoms with van der Waals surface area (Å²) in [6, 6.07) is 5.81. The Kier molecular flexibility index (Phi) is 4.09. The second-order valence-corrected chi connectivity index (χ2v) is 5.69. The minimum atomic E-state index is -1.24. The van der Waals surface area contributed by atoms with E-state index in [2.05, 4.69) is 15.4 Å². The summed E-state index contributed by atoms with van der Waals surface area (Å²) in [6.07, 6.45) is 1.11. The predicted molar refractivity (Wildman–Crippen MR) is 85.6 cm³/mol. The number of nitrogens with one attached hydrogen (secondary N) is 1. The van der Waals surface area contributed by atoms with Gasteiger partial charge in [0, 0.05) is 18.0 Å². The Labute approximate surface area is 139 Å². The molecule has 24 heavy (non-hydrogen) atoms. The van der Waals surface area contributed by atoms with Crippen LogP contribution in [0.2, 0.25) is 0 Å². The fourth-order valence-electron chi connectivity index (χ4n) is 2.10. The number of aromatic nitrogens is 3. The molecule has 0 atom stereocenters. The number of carbonyl (C=O) groups is 2. The molecule has 0 aliphatic carbocycles. The van der Waals surface area contributed by atoms with Gasteiger partial charge >= 0.3 is 5.97 Å². The number of amides is 1. The Morgan fingerprint density at radius 3 is 2.67 bits per heavy atom. The third-order valence-corrected chi connectivity index (χ3v) is 4.01. The molecule has 3 rings (SSSR count). The van der Waals surface area contributed by atoms with Crippen molar-refractivity contribution in [2.45, 2.75) is 0 Å². The van der Waals surface area contributed by atoms with Crippen molar-refractivity contribution in [3.05, 3.63) is 52.9 Å². The third kappa shape index (κ3) is 3.01. The van der Waals surface area contributed by atoms with Crippen molar-refractivity contribution < 1.29 is 19.1 Å². The minimum absolute atomic E-state index is 0.0685. The van der Waals surface area contributed by atoms with Gasteiger partial charge in [-0.15, -0.1) is 11.3 Å². The fourth-order valence-corrected chi connectivity index (χ4v) is 2.82. The molecule has 0 fully saturated rings. The van der Waals surface area contributed by atoms with Gasteiger partial charge in [-0.25, -0.2) is 14.2 Å². The molecule has 3 aromatic rings. The topological polar surface area (TPSA) is 97.1 Å². The molecule has 0 unspecified atom stereocenters. The van der Waals surface area contributed by atoms with Crippen molar-refractivity contribution >= 4 is 28.3 Å². The van der Waals surface area contributed by atoms with Crippen LogP contribution >= 0.6 is 11.3 Å². The van der Waals surface area contributed by atoms with E-state index >= 15 is 0 Å². The highest BCUT2D eigenvalue weighted by Gasteiger charge is 2.22. The molecule has 122 valence electrons. The molecule has 0 spiro atoms. The lowest BCUT2D eigenvalue weighted by Crippen LogP contribution is -2.19. The van der Waals surface area contributed by atoms with Gasteiger partial charge in [0.25, 0.3) is 5.91 Å². The van der Waals surface area contributed by atoms with E-state index in [0.29, 0.717) is 16.4 Å². The van der Waals surface area contributed by atoms with E-state index in [0.717, 1.165) is 6.20 Å². The fraction of sp³-hybridized carbons (Fsp3) is 0.0667. The Morgan fingerprint density at radius 1 is 1.29 bits per heavy atom. The first-order chi connectivity index (χ1) is 11.5. The van der Waals surface area contributed by atoms with Gasteiger partial charge in [-0.05, 0) is 24.3 Å². The van der Waals surface area contributed by atoms with Crippen LogP contribution in [0, 0.1) is 5.82 Å². The number of carboxylic acids is 1. The average Bonchev–Trinajstić information content (AvgIpc) is 3.14. The van der Waals surface area contributed by atoms with Crippen molar-refractivity contribution in [2.24, 2.45) is 7.05 Å². The van der Waals surface area contributed by atoms with Crippen LogP contribution in [0.1, 0.15) is 20.8 Å². The van der Waals surface area contributed by atoms with Crippen LogP contribution in [-0.4, -0.2) is 31.7 Å². The number of halogens is 1. The highest BCUT2D eigenvalue weighted by Crippen LogP contribution is 2.25. The highest BCUT2D eigenvalue weighted by atomic mass is 32.1. The standard InChI is InChI=1S/C15H11FN4O3S/c1-20-12(10(6-17-20)14(22)23)13(21)19-15-18-11(7-24-15)8-2-4-9(16)5-3-8/h2-7H,1H3,(H,22,23)(H,18,19,21). The van der Waals surface area contributed by atoms with Crippen molar-refractivity contribution in [3.63, 3.8) is 0 Å². The van der Waals surface area contributed by atoms with Crippen molar-refractivity contribution in [1.82, 2.24) is 14.8 Å². The number of nitrogens with zero attached hydrogens (tertiary/aromatic N) is 3. The van der Waals surface area contributed by atoms with Gasteiger partial charge in [0.15, 0.2) is 5.13 Å². The van der Waals surface area contributed by atoms with Gasteiger partial charge in [-0.3, -0.25) is 14.8 Å². The molecule has 0 saturated heterocycles.